The number of para-hydroxylation sites is 1. The average molecular weight is 571 g/mol. The fourth-order valence-electron chi connectivity index (χ4n) is 6.72. The molecule has 40 heavy (non-hydrogen) atoms. The molecule has 216 valence electrons. The molecule has 3 aromatic rings. The van der Waals surface area contributed by atoms with Gasteiger partial charge in [-0.05, 0) is 83.2 Å². The Balaban J connectivity index is 1.28. The third kappa shape index (κ3) is 5.86. The summed E-state index contributed by atoms with van der Waals surface area (Å²) in [5.74, 6) is -1.65. The smallest absolute Gasteiger partial charge is 0.254 e. The number of nitrogens with zero attached hydrogens (tertiary/aromatic N) is 1. The first-order valence-corrected chi connectivity index (χ1v) is 15.6. The van der Waals surface area contributed by atoms with Crippen molar-refractivity contribution in [2.45, 2.75) is 88.7 Å². The average Bonchev–Trinajstić information content (AvgIpc) is 3.21. The molecule has 0 radical (unpaired) electrons. The highest BCUT2D eigenvalue weighted by molar-refractivity contribution is 7.98. The largest absolute Gasteiger partial charge is 0.348 e. The summed E-state index contributed by atoms with van der Waals surface area (Å²) in [6, 6.07) is 10.2. The number of hydrogen-bond donors (Lipinski definition) is 3. The molecule has 2 fully saturated rings. The number of rotatable bonds is 9. The van der Waals surface area contributed by atoms with Crippen molar-refractivity contribution in [1.82, 2.24) is 20.2 Å². The van der Waals surface area contributed by atoms with Crippen LogP contribution in [0.25, 0.3) is 10.9 Å². The van der Waals surface area contributed by atoms with E-state index < -0.39 is 5.92 Å². The SMILES string of the molecule is CSc1cc(C)[nH]c(=O)c1CNC(=O)c1c(C)n([C@H](C)C2CCC(CNC3CC(F)(F)C3)CC2)c2ccccc12. The van der Waals surface area contributed by atoms with Crippen LogP contribution in [0.5, 0.6) is 0 Å². The Kier molecular flexibility index (Phi) is 8.43. The third-order valence-corrected chi connectivity index (χ3v) is 9.83. The van der Waals surface area contributed by atoms with Gasteiger partial charge in [-0.25, -0.2) is 8.78 Å². The quantitative estimate of drug-likeness (QED) is 0.262. The number of alkyl halides is 2. The van der Waals surface area contributed by atoms with Crippen LogP contribution in [0.4, 0.5) is 8.78 Å². The van der Waals surface area contributed by atoms with Crippen molar-refractivity contribution in [2.24, 2.45) is 11.8 Å². The van der Waals surface area contributed by atoms with Gasteiger partial charge in [0, 0.05) is 64.2 Å². The summed E-state index contributed by atoms with van der Waals surface area (Å²) in [6.07, 6.45) is 6.19. The number of H-pyrrole nitrogens is 1. The predicted octanol–water partition coefficient (Wildman–Crippen LogP) is 6.35. The lowest BCUT2D eigenvalue weighted by Gasteiger charge is -2.38. The summed E-state index contributed by atoms with van der Waals surface area (Å²) in [5.41, 5.74) is 3.83. The molecule has 2 aliphatic carbocycles. The van der Waals surface area contributed by atoms with Gasteiger partial charge in [0.2, 0.25) is 0 Å². The number of carbonyl (C=O) groups is 1. The number of hydrogen-bond acceptors (Lipinski definition) is 4. The second kappa shape index (κ2) is 11.7. The second-order valence-corrected chi connectivity index (χ2v) is 12.6. The number of thioether (sulfide) groups is 1. The number of halogens is 2. The van der Waals surface area contributed by atoms with Crippen molar-refractivity contribution in [3.8, 4) is 0 Å². The molecule has 1 aromatic carbocycles. The van der Waals surface area contributed by atoms with Crippen molar-refractivity contribution in [1.29, 1.82) is 0 Å². The summed E-state index contributed by atoms with van der Waals surface area (Å²) >= 11 is 1.50. The highest BCUT2D eigenvalue weighted by Crippen LogP contribution is 2.40. The molecule has 9 heteroatoms. The van der Waals surface area contributed by atoms with Crippen molar-refractivity contribution in [3.63, 3.8) is 0 Å². The third-order valence-electron chi connectivity index (χ3n) is 9.02. The van der Waals surface area contributed by atoms with E-state index in [0.29, 0.717) is 23.0 Å². The molecule has 5 rings (SSSR count). The maximum absolute atomic E-state index is 13.6. The summed E-state index contributed by atoms with van der Waals surface area (Å²) < 4.78 is 28.6. The molecule has 2 heterocycles. The molecular formula is C31H40F2N4O2S. The topological polar surface area (TPSA) is 78.9 Å². The van der Waals surface area contributed by atoms with E-state index in [0.717, 1.165) is 59.4 Å². The minimum Gasteiger partial charge on any atom is -0.348 e. The van der Waals surface area contributed by atoms with Crippen LogP contribution in [0.2, 0.25) is 0 Å². The maximum atomic E-state index is 13.6. The molecule has 0 saturated heterocycles. The van der Waals surface area contributed by atoms with Crippen LogP contribution in [0.1, 0.15) is 78.8 Å². The molecule has 1 amide bonds. The number of aromatic nitrogens is 2. The van der Waals surface area contributed by atoms with Gasteiger partial charge in [-0.15, -0.1) is 11.8 Å². The number of carbonyl (C=O) groups excluding carboxylic acids is 1. The molecule has 1 atom stereocenters. The number of pyridine rings is 1. The second-order valence-electron chi connectivity index (χ2n) is 11.7. The van der Waals surface area contributed by atoms with Crippen molar-refractivity contribution >= 4 is 28.6 Å². The van der Waals surface area contributed by atoms with Crippen LogP contribution in [0.15, 0.2) is 40.0 Å². The van der Waals surface area contributed by atoms with E-state index in [9.17, 15) is 18.4 Å². The van der Waals surface area contributed by atoms with Gasteiger partial charge < -0.3 is 20.2 Å². The fraction of sp³-hybridized carbons (Fsp3) is 0.548. The molecule has 3 N–H and O–H groups in total. The van der Waals surface area contributed by atoms with Gasteiger partial charge >= 0.3 is 0 Å². The normalized spacial score (nSPS) is 21.8. The molecular weight excluding hydrogens is 530 g/mol. The van der Waals surface area contributed by atoms with Crippen LogP contribution < -0.4 is 16.2 Å². The number of amides is 1. The highest BCUT2D eigenvalue weighted by Gasteiger charge is 2.45. The first-order valence-electron chi connectivity index (χ1n) is 14.3. The zero-order valence-electron chi connectivity index (χ0n) is 23.8. The monoisotopic (exact) mass is 570 g/mol. The van der Waals surface area contributed by atoms with E-state index in [1.165, 1.54) is 11.8 Å². The molecule has 0 bridgehead atoms. The number of benzene rings is 1. The summed E-state index contributed by atoms with van der Waals surface area (Å²) in [4.78, 5) is 29.9. The minimum absolute atomic E-state index is 0.0322. The summed E-state index contributed by atoms with van der Waals surface area (Å²) in [6.45, 7) is 7.10. The van der Waals surface area contributed by atoms with Gasteiger partial charge in [0.05, 0.1) is 5.56 Å². The van der Waals surface area contributed by atoms with E-state index >= 15 is 0 Å². The van der Waals surface area contributed by atoms with Gasteiger partial charge in [-0.1, -0.05) is 18.2 Å². The Bertz CT molecular complexity index is 1430. The highest BCUT2D eigenvalue weighted by atomic mass is 32.2. The van der Waals surface area contributed by atoms with E-state index in [4.69, 9.17) is 0 Å². The first-order chi connectivity index (χ1) is 19.1. The van der Waals surface area contributed by atoms with Crippen LogP contribution in [-0.4, -0.2) is 40.2 Å². The number of fused-ring (bicyclic) bond motifs is 1. The zero-order valence-corrected chi connectivity index (χ0v) is 24.6. The van der Waals surface area contributed by atoms with Gasteiger partial charge in [-0.2, -0.15) is 0 Å². The van der Waals surface area contributed by atoms with Crippen molar-refractivity contribution in [3.05, 3.63) is 63.2 Å². The molecule has 0 spiro atoms. The van der Waals surface area contributed by atoms with Crippen molar-refractivity contribution in [2.75, 3.05) is 12.8 Å². The van der Waals surface area contributed by atoms with Gasteiger partial charge in [0.25, 0.3) is 17.4 Å². The Morgan fingerprint density at radius 2 is 1.88 bits per heavy atom. The van der Waals surface area contributed by atoms with Crippen LogP contribution in [-0.2, 0) is 6.54 Å². The molecule has 0 aliphatic heterocycles. The Morgan fingerprint density at radius 1 is 1.18 bits per heavy atom. The van der Waals surface area contributed by atoms with Crippen molar-refractivity contribution < 1.29 is 13.6 Å². The Hall–Kier alpha value is -2.65. The Morgan fingerprint density at radius 3 is 2.55 bits per heavy atom. The van der Waals surface area contributed by atoms with E-state index in [2.05, 4.69) is 33.2 Å². The summed E-state index contributed by atoms with van der Waals surface area (Å²) in [5, 5.41) is 7.29. The molecule has 2 saturated carbocycles. The van der Waals surface area contributed by atoms with Gasteiger partial charge in [0.15, 0.2) is 0 Å². The number of aryl methyl sites for hydroxylation is 1. The van der Waals surface area contributed by atoms with Gasteiger partial charge in [0.1, 0.15) is 0 Å². The lowest BCUT2D eigenvalue weighted by molar-refractivity contribution is -0.0934. The summed E-state index contributed by atoms with van der Waals surface area (Å²) in [7, 11) is 0. The maximum Gasteiger partial charge on any atom is 0.254 e. The molecule has 0 unspecified atom stereocenters. The molecule has 2 aromatic heterocycles. The zero-order chi connectivity index (χ0) is 28.6. The van der Waals surface area contributed by atoms with E-state index in [1.54, 1.807) is 0 Å². The van der Waals surface area contributed by atoms with E-state index in [-0.39, 0.29) is 42.9 Å². The molecule has 6 nitrogen and oxygen atoms in total. The van der Waals surface area contributed by atoms with Crippen LogP contribution >= 0.6 is 11.8 Å². The van der Waals surface area contributed by atoms with Crippen LogP contribution in [0.3, 0.4) is 0 Å². The first kappa shape index (κ1) is 28.9. The number of nitrogens with one attached hydrogen (secondary N) is 3. The van der Waals surface area contributed by atoms with Gasteiger partial charge in [-0.3, -0.25) is 9.59 Å². The lowest BCUT2D eigenvalue weighted by Crippen LogP contribution is -2.49. The minimum atomic E-state index is -2.48. The van der Waals surface area contributed by atoms with Crippen LogP contribution in [0, 0.1) is 25.7 Å². The predicted molar refractivity (Wildman–Crippen MR) is 158 cm³/mol. The fourth-order valence-corrected chi connectivity index (χ4v) is 7.43. The van der Waals surface area contributed by atoms with E-state index in [1.807, 2.05) is 44.4 Å². The Labute approximate surface area is 238 Å². The lowest BCUT2D eigenvalue weighted by atomic mass is 9.78. The standard InChI is InChI=1S/C31H40F2N4O2S/c1-18-13-27(40-4)25(29(38)36-18)17-35-30(39)28-20(3)37(26-8-6-5-7-24(26)28)19(2)22-11-9-21(10-12-22)16-34-23-14-31(32,33)15-23/h5-8,13,19,21-23,34H,9-12,14-17H2,1-4H3,(H,35,39)(H,36,38)/t19-,21?,22?/m1/s1. The molecule has 2 aliphatic rings. The number of aromatic amines is 1.